The van der Waals surface area contributed by atoms with Crippen LogP contribution < -0.4 is 5.32 Å². The Morgan fingerprint density at radius 1 is 1.55 bits per heavy atom. The number of carbonyl (C=O) groups is 2. The second-order valence-corrected chi connectivity index (χ2v) is 6.20. The molecule has 0 bridgehead atoms. The molecule has 2 amide bonds. The van der Waals surface area contributed by atoms with Crippen LogP contribution in [0.15, 0.2) is 17.5 Å². The molecule has 2 N–H and O–H groups in total. The summed E-state index contributed by atoms with van der Waals surface area (Å²) in [6.07, 6.45) is 1.10. The molecule has 0 spiro atoms. The van der Waals surface area contributed by atoms with Crippen molar-refractivity contribution in [3.8, 4) is 0 Å². The molecule has 1 aromatic rings. The lowest BCUT2D eigenvalue weighted by Gasteiger charge is -2.31. The molecule has 0 aliphatic heterocycles. The molecular weight excluding hydrogens is 276 g/mol. The van der Waals surface area contributed by atoms with Crippen molar-refractivity contribution in [3.63, 3.8) is 0 Å². The summed E-state index contributed by atoms with van der Waals surface area (Å²) >= 11 is 1.65. The smallest absolute Gasteiger partial charge is 0.329 e. The van der Waals surface area contributed by atoms with Gasteiger partial charge in [0, 0.05) is 24.4 Å². The van der Waals surface area contributed by atoms with Crippen molar-refractivity contribution in [2.24, 2.45) is 0 Å². The first-order chi connectivity index (χ1) is 9.30. The predicted octanol–water partition coefficient (Wildman–Crippen LogP) is 2.57. The van der Waals surface area contributed by atoms with E-state index >= 15 is 0 Å². The Bertz CT molecular complexity index is 461. The number of urea groups is 1. The number of nitrogens with one attached hydrogen (secondary N) is 1. The monoisotopic (exact) mass is 298 g/mol. The third kappa shape index (κ3) is 3.96. The molecule has 2 atom stereocenters. The molecule has 1 rings (SSSR count). The van der Waals surface area contributed by atoms with Crippen molar-refractivity contribution in [2.75, 3.05) is 7.05 Å². The zero-order valence-electron chi connectivity index (χ0n) is 12.3. The number of hydrogen-bond donors (Lipinski definition) is 2. The fourth-order valence-electron chi connectivity index (χ4n) is 1.67. The van der Waals surface area contributed by atoms with Crippen molar-refractivity contribution in [3.05, 3.63) is 22.4 Å². The molecule has 1 heterocycles. The third-order valence-corrected chi connectivity index (χ3v) is 4.52. The molecule has 5 nitrogen and oxygen atoms in total. The maximum absolute atomic E-state index is 12.1. The summed E-state index contributed by atoms with van der Waals surface area (Å²) in [5, 5.41) is 13.8. The Morgan fingerprint density at radius 3 is 2.65 bits per heavy atom. The number of carbonyl (C=O) groups excluding carboxylic acids is 1. The van der Waals surface area contributed by atoms with Crippen LogP contribution in [0.5, 0.6) is 0 Å². The van der Waals surface area contributed by atoms with Gasteiger partial charge < -0.3 is 15.3 Å². The minimum atomic E-state index is -1.23. The molecule has 0 fully saturated rings. The van der Waals surface area contributed by atoms with Crippen LogP contribution in [0.1, 0.15) is 32.1 Å². The summed E-state index contributed by atoms with van der Waals surface area (Å²) in [6, 6.07) is 3.65. The number of carboxylic acids is 1. The van der Waals surface area contributed by atoms with Crippen LogP contribution in [-0.4, -0.2) is 40.6 Å². The lowest BCUT2D eigenvalue weighted by Crippen LogP contribution is -2.56. The quantitative estimate of drug-likeness (QED) is 0.848. The third-order valence-electron chi connectivity index (χ3n) is 3.62. The normalized spacial score (nSPS) is 15.2. The molecule has 0 saturated carbocycles. The zero-order valence-corrected chi connectivity index (χ0v) is 13.2. The van der Waals surface area contributed by atoms with Crippen molar-refractivity contribution in [1.29, 1.82) is 0 Å². The van der Waals surface area contributed by atoms with Crippen LogP contribution in [0.2, 0.25) is 0 Å². The van der Waals surface area contributed by atoms with Gasteiger partial charge in [0.25, 0.3) is 0 Å². The summed E-state index contributed by atoms with van der Waals surface area (Å²) in [5.74, 6) is -1.02. The van der Waals surface area contributed by atoms with E-state index < -0.39 is 11.5 Å². The number of amides is 2. The number of thiophene rings is 1. The lowest BCUT2D eigenvalue weighted by atomic mass is 9.99. The number of rotatable bonds is 6. The van der Waals surface area contributed by atoms with E-state index in [4.69, 9.17) is 0 Å². The van der Waals surface area contributed by atoms with E-state index in [1.165, 1.54) is 11.8 Å². The molecule has 6 heteroatoms. The van der Waals surface area contributed by atoms with E-state index in [9.17, 15) is 14.7 Å². The van der Waals surface area contributed by atoms with E-state index in [-0.39, 0.29) is 12.1 Å². The summed E-state index contributed by atoms with van der Waals surface area (Å²) < 4.78 is 0. The number of carboxylic acid groups (broad SMARTS) is 1. The van der Waals surface area contributed by atoms with Gasteiger partial charge in [-0.1, -0.05) is 13.0 Å². The van der Waals surface area contributed by atoms with E-state index in [2.05, 4.69) is 5.32 Å². The predicted molar refractivity (Wildman–Crippen MR) is 80.1 cm³/mol. The number of nitrogens with zero attached hydrogens (tertiary/aromatic N) is 1. The van der Waals surface area contributed by atoms with Gasteiger partial charge in [-0.25, -0.2) is 9.59 Å². The molecule has 0 saturated heterocycles. The highest BCUT2D eigenvalue weighted by molar-refractivity contribution is 7.09. The fourth-order valence-corrected chi connectivity index (χ4v) is 2.50. The zero-order chi connectivity index (χ0) is 15.3. The molecule has 0 aromatic carbocycles. The van der Waals surface area contributed by atoms with Gasteiger partial charge in [0.1, 0.15) is 5.54 Å². The molecule has 1 aromatic heterocycles. The van der Waals surface area contributed by atoms with Crippen LogP contribution >= 0.6 is 11.3 Å². The first kappa shape index (κ1) is 16.5. The Labute approximate surface area is 123 Å². The molecule has 0 radical (unpaired) electrons. The van der Waals surface area contributed by atoms with Crippen molar-refractivity contribution in [1.82, 2.24) is 10.2 Å². The maximum Gasteiger partial charge on any atom is 0.329 e. The second-order valence-electron chi connectivity index (χ2n) is 5.16. The summed E-state index contributed by atoms with van der Waals surface area (Å²) in [5.41, 5.74) is -1.23. The van der Waals surface area contributed by atoms with Gasteiger partial charge in [0.2, 0.25) is 0 Å². The summed E-state index contributed by atoms with van der Waals surface area (Å²) in [4.78, 5) is 26.1. The Kier molecular flexibility index (Phi) is 5.56. The minimum absolute atomic E-state index is 0.00329. The van der Waals surface area contributed by atoms with E-state index in [0.717, 1.165) is 6.42 Å². The van der Waals surface area contributed by atoms with Crippen LogP contribution in [0.3, 0.4) is 0 Å². The Hall–Kier alpha value is -1.56. The van der Waals surface area contributed by atoms with Crippen molar-refractivity contribution in [2.45, 2.75) is 45.2 Å². The average Bonchev–Trinajstić information content (AvgIpc) is 2.89. The van der Waals surface area contributed by atoms with Crippen LogP contribution in [0.4, 0.5) is 4.79 Å². The number of aliphatic carboxylic acids is 1. The summed E-state index contributed by atoms with van der Waals surface area (Å²) in [7, 11) is 1.69. The van der Waals surface area contributed by atoms with Crippen LogP contribution in [0, 0.1) is 0 Å². The Morgan fingerprint density at radius 2 is 2.20 bits per heavy atom. The van der Waals surface area contributed by atoms with E-state index in [1.54, 1.807) is 30.2 Å². The molecule has 2 unspecified atom stereocenters. The van der Waals surface area contributed by atoms with Crippen LogP contribution in [0.25, 0.3) is 0 Å². The second kappa shape index (κ2) is 6.74. The van der Waals surface area contributed by atoms with E-state index in [0.29, 0.717) is 6.42 Å². The average molecular weight is 298 g/mol. The summed E-state index contributed by atoms with van der Waals surface area (Å²) in [6.45, 7) is 5.21. The molecule has 0 aliphatic carbocycles. The highest BCUT2D eigenvalue weighted by Gasteiger charge is 2.34. The van der Waals surface area contributed by atoms with Crippen LogP contribution in [-0.2, 0) is 11.2 Å². The molecule has 112 valence electrons. The SMILES string of the molecule is CCC(C)(NC(=O)N(C)C(C)Cc1cccs1)C(=O)O. The topological polar surface area (TPSA) is 69.6 Å². The van der Waals surface area contributed by atoms with Gasteiger partial charge in [-0.15, -0.1) is 11.3 Å². The highest BCUT2D eigenvalue weighted by atomic mass is 32.1. The fraction of sp³-hybridized carbons (Fsp3) is 0.571. The van der Waals surface area contributed by atoms with Gasteiger partial charge in [-0.2, -0.15) is 0 Å². The molecular formula is C14H22N2O3S. The van der Waals surface area contributed by atoms with Crippen molar-refractivity contribution < 1.29 is 14.7 Å². The standard InChI is InChI=1S/C14H22N2O3S/c1-5-14(3,12(17)18)15-13(19)16(4)10(2)9-11-7-6-8-20-11/h6-8,10H,5,9H2,1-4H3,(H,15,19)(H,17,18). The van der Waals surface area contributed by atoms with Gasteiger partial charge in [0.05, 0.1) is 0 Å². The van der Waals surface area contributed by atoms with Gasteiger partial charge in [-0.3, -0.25) is 0 Å². The number of hydrogen-bond acceptors (Lipinski definition) is 3. The molecule has 0 aliphatic rings. The van der Waals surface area contributed by atoms with E-state index in [1.807, 2.05) is 24.4 Å². The molecule has 20 heavy (non-hydrogen) atoms. The lowest BCUT2D eigenvalue weighted by molar-refractivity contribution is -0.143. The van der Waals surface area contributed by atoms with Crippen molar-refractivity contribution >= 4 is 23.3 Å². The van der Waals surface area contributed by atoms with Gasteiger partial charge in [0.15, 0.2) is 0 Å². The Balaban J connectivity index is 2.64. The highest BCUT2D eigenvalue weighted by Crippen LogP contribution is 2.15. The largest absolute Gasteiger partial charge is 0.480 e. The maximum atomic E-state index is 12.1. The van der Waals surface area contributed by atoms with Gasteiger partial charge >= 0.3 is 12.0 Å². The first-order valence-electron chi connectivity index (χ1n) is 6.61. The first-order valence-corrected chi connectivity index (χ1v) is 7.49. The minimum Gasteiger partial charge on any atom is -0.480 e. The van der Waals surface area contributed by atoms with Gasteiger partial charge in [-0.05, 0) is 31.7 Å². The number of likely N-dealkylation sites (N-methyl/N-ethyl adjacent to an activating group) is 1.